The first-order valence-electron chi connectivity index (χ1n) is 15.6. The van der Waals surface area contributed by atoms with Gasteiger partial charge in [-0.15, -0.1) is 0 Å². The molecule has 0 bridgehead atoms. The molecule has 7 nitrogen and oxygen atoms in total. The number of halogens is 5. The number of ether oxygens (including phenoxy) is 2. The molecule has 0 spiro atoms. The van der Waals surface area contributed by atoms with Crippen molar-refractivity contribution in [3.63, 3.8) is 0 Å². The summed E-state index contributed by atoms with van der Waals surface area (Å²) >= 11 is 1.59. The number of rotatable bonds is 10. The third-order valence-electron chi connectivity index (χ3n) is 8.59. The third-order valence-corrected chi connectivity index (χ3v) is 9.73. The van der Waals surface area contributed by atoms with Gasteiger partial charge in [0.2, 0.25) is 5.82 Å². The van der Waals surface area contributed by atoms with Gasteiger partial charge in [-0.2, -0.15) is 0 Å². The smallest absolute Gasteiger partial charge is 0.257 e. The molecule has 0 aliphatic carbocycles. The molecule has 50 heavy (non-hydrogen) atoms. The van der Waals surface area contributed by atoms with Gasteiger partial charge in [0, 0.05) is 43.2 Å². The second-order valence-corrected chi connectivity index (χ2v) is 12.9. The molecule has 4 unspecified atom stereocenters. The summed E-state index contributed by atoms with van der Waals surface area (Å²) in [6.07, 6.45) is 2.36. The Morgan fingerprint density at radius 1 is 0.860 bits per heavy atom. The van der Waals surface area contributed by atoms with Crippen LogP contribution in [0.5, 0.6) is 0 Å². The normalized spacial score (nSPS) is 19.0. The quantitative estimate of drug-likeness (QED) is 0.0667. The third kappa shape index (κ3) is 7.31. The Morgan fingerprint density at radius 2 is 1.52 bits per heavy atom. The molecule has 5 aromatic rings. The van der Waals surface area contributed by atoms with Gasteiger partial charge in [0.1, 0.15) is 5.56 Å². The highest BCUT2D eigenvalue weighted by Gasteiger charge is 2.38. The number of aromatic nitrogens is 2. The first kappa shape index (κ1) is 35.3. The fraction of sp³-hybridized carbons (Fsp3) is 0.243. The zero-order valence-corrected chi connectivity index (χ0v) is 27.7. The zero-order valence-electron chi connectivity index (χ0n) is 26.9. The molecule has 1 aliphatic heterocycles. The van der Waals surface area contributed by atoms with Gasteiger partial charge in [0.05, 0.1) is 18.8 Å². The number of thioether (sulfide) groups is 1. The van der Waals surface area contributed by atoms with Gasteiger partial charge in [-0.25, -0.2) is 26.9 Å². The highest BCUT2D eigenvalue weighted by atomic mass is 32.2. The number of aryl methyl sites for hydroxylation is 1. The van der Waals surface area contributed by atoms with Crippen LogP contribution in [0.1, 0.15) is 51.9 Å². The fourth-order valence-corrected chi connectivity index (χ4v) is 6.85. The van der Waals surface area contributed by atoms with E-state index in [4.69, 9.17) is 9.47 Å². The molecule has 260 valence electrons. The lowest BCUT2D eigenvalue weighted by Crippen LogP contribution is -2.38. The van der Waals surface area contributed by atoms with Crippen LogP contribution in [0.2, 0.25) is 0 Å². The Hall–Kier alpha value is -4.56. The summed E-state index contributed by atoms with van der Waals surface area (Å²) in [7, 11) is 1.93. The maximum absolute atomic E-state index is 14.2. The summed E-state index contributed by atoms with van der Waals surface area (Å²) in [5.41, 5.74) is 2.98. The number of hydrogen-bond acceptors (Lipinski definition) is 6. The summed E-state index contributed by atoms with van der Waals surface area (Å²) in [5, 5.41) is 12.6. The van der Waals surface area contributed by atoms with Crippen molar-refractivity contribution in [2.75, 3.05) is 5.75 Å². The van der Waals surface area contributed by atoms with E-state index in [0.29, 0.717) is 11.3 Å². The molecule has 13 heteroatoms. The molecule has 1 aromatic heterocycles. The zero-order chi connectivity index (χ0) is 35.5. The lowest BCUT2D eigenvalue weighted by atomic mass is 9.91. The Morgan fingerprint density at radius 3 is 2.18 bits per heavy atom. The van der Waals surface area contributed by atoms with E-state index in [-0.39, 0.29) is 31.3 Å². The van der Waals surface area contributed by atoms with Crippen molar-refractivity contribution in [2.45, 2.75) is 43.7 Å². The van der Waals surface area contributed by atoms with E-state index in [2.05, 4.69) is 17.2 Å². The number of carbonyl (C=O) groups excluding carboxylic acids is 1. The summed E-state index contributed by atoms with van der Waals surface area (Å²) in [6.45, 7) is 1.77. The molecule has 0 saturated carbocycles. The van der Waals surface area contributed by atoms with Crippen LogP contribution in [0.15, 0.2) is 90.3 Å². The number of hydrogen-bond donors (Lipinski definition) is 2. The maximum atomic E-state index is 14.2. The summed E-state index contributed by atoms with van der Waals surface area (Å²) in [5.74, 6) is -12.0. The van der Waals surface area contributed by atoms with E-state index >= 15 is 0 Å². The molecule has 1 saturated heterocycles. The Bertz CT molecular complexity index is 1980. The van der Waals surface area contributed by atoms with Crippen LogP contribution in [0.25, 0.3) is 11.1 Å². The topological polar surface area (TPSA) is 85.6 Å². The van der Waals surface area contributed by atoms with Crippen molar-refractivity contribution in [2.24, 2.45) is 13.0 Å². The van der Waals surface area contributed by atoms with Crippen molar-refractivity contribution in [1.82, 2.24) is 14.9 Å². The standard InChI is InChI=1S/C37H32F5N3O4S/c1-20-27(19-50-37-43-13-14-45(37)2)48-36(49-34(20)23-11-9-21(18-46)10-12-23)26-8-4-7-25(16-26)24-6-3-5-22(15-24)17-44-35(47)28-29(38)31(40)33(42)32(41)30(28)39/h3-16,20,27,34,36,46H,17-19H2,1-2H3,(H,44,47). The maximum Gasteiger partial charge on any atom is 0.257 e. The highest BCUT2D eigenvalue weighted by molar-refractivity contribution is 7.99. The van der Waals surface area contributed by atoms with Crippen LogP contribution in [0, 0.1) is 35.0 Å². The molecule has 1 aliphatic rings. The van der Waals surface area contributed by atoms with Crippen molar-refractivity contribution >= 4 is 17.7 Å². The van der Waals surface area contributed by atoms with Gasteiger partial charge in [-0.05, 0) is 39.9 Å². The minimum atomic E-state index is -2.34. The van der Waals surface area contributed by atoms with Crippen LogP contribution in [-0.2, 0) is 29.7 Å². The first-order chi connectivity index (χ1) is 24.0. The minimum Gasteiger partial charge on any atom is -0.392 e. The van der Waals surface area contributed by atoms with E-state index in [1.165, 1.54) is 0 Å². The number of carbonyl (C=O) groups is 1. The number of nitrogens with zero attached hydrogens (tertiary/aromatic N) is 2. The number of aliphatic hydroxyl groups is 1. The Kier molecular flexibility index (Phi) is 10.7. The van der Waals surface area contributed by atoms with Crippen molar-refractivity contribution in [3.8, 4) is 11.1 Å². The monoisotopic (exact) mass is 709 g/mol. The Labute approximate surface area is 289 Å². The van der Waals surface area contributed by atoms with Crippen LogP contribution < -0.4 is 5.32 Å². The summed E-state index contributed by atoms with van der Waals surface area (Å²) in [4.78, 5) is 16.9. The predicted octanol–water partition coefficient (Wildman–Crippen LogP) is 7.79. The van der Waals surface area contributed by atoms with E-state index in [0.717, 1.165) is 33.0 Å². The molecule has 0 radical (unpaired) electrons. The van der Waals surface area contributed by atoms with Crippen molar-refractivity contribution in [3.05, 3.63) is 142 Å². The number of nitrogens with one attached hydrogen (secondary N) is 1. The average Bonchev–Trinajstić information content (AvgIpc) is 3.56. The second kappa shape index (κ2) is 15.1. The van der Waals surface area contributed by atoms with Crippen LogP contribution >= 0.6 is 11.8 Å². The molecule has 2 N–H and O–H groups in total. The van der Waals surface area contributed by atoms with Gasteiger partial charge < -0.3 is 24.5 Å². The van der Waals surface area contributed by atoms with Crippen LogP contribution in [0.3, 0.4) is 0 Å². The number of aliphatic hydroxyl groups excluding tert-OH is 1. The van der Waals surface area contributed by atoms with Gasteiger partial charge in [-0.3, -0.25) is 4.79 Å². The molecule has 1 amide bonds. The highest BCUT2D eigenvalue weighted by Crippen LogP contribution is 2.43. The summed E-state index contributed by atoms with van der Waals surface area (Å²) < 4.78 is 84.2. The van der Waals surface area contributed by atoms with Crippen LogP contribution in [0.4, 0.5) is 22.0 Å². The van der Waals surface area contributed by atoms with E-state index in [1.807, 2.05) is 72.4 Å². The molecule has 1 fully saturated rings. The van der Waals surface area contributed by atoms with Crippen molar-refractivity contribution in [1.29, 1.82) is 0 Å². The number of imidazole rings is 1. The first-order valence-corrected chi connectivity index (χ1v) is 16.6. The lowest BCUT2D eigenvalue weighted by molar-refractivity contribution is -0.268. The van der Waals surface area contributed by atoms with Gasteiger partial charge in [0.25, 0.3) is 5.91 Å². The molecule has 4 atom stereocenters. The number of benzene rings is 4. The molecular weight excluding hydrogens is 677 g/mol. The fourth-order valence-electron chi connectivity index (χ4n) is 5.76. The van der Waals surface area contributed by atoms with E-state index in [9.17, 15) is 31.9 Å². The number of amides is 1. The SMILES string of the molecule is CC1C(CSc2nccn2C)OC(c2cccc(-c3cccc(CNC(=O)c4c(F)c(F)c(F)c(F)c4F)c3)c2)OC1c1ccc(CO)cc1. The van der Waals surface area contributed by atoms with Crippen molar-refractivity contribution < 1.29 is 41.3 Å². The molecule has 4 aromatic carbocycles. The second-order valence-electron chi connectivity index (χ2n) is 11.9. The Balaban J connectivity index is 1.22. The molecule has 6 rings (SSSR count). The van der Waals surface area contributed by atoms with Gasteiger partial charge in [-0.1, -0.05) is 79.3 Å². The lowest BCUT2D eigenvalue weighted by Gasteiger charge is -2.41. The van der Waals surface area contributed by atoms with Gasteiger partial charge in [0.15, 0.2) is 34.7 Å². The predicted molar refractivity (Wildman–Crippen MR) is 176 cm³/mol. The van der Waals surface area contributed by atoms with E-state index in [1.54, 1.807) is 36.2 Å². The summed E-state index contributed by atoms with van der Waals surface area (Å²) in [6, 6.07) is 22.1. The van der Waals surface area contributed by atoms with Gasteiger partial charge >= 0.3 is 0 Å². The average molecular weight is 710 g/mol. The largest absolute Gasteiger partial charge is 0.392 e. The van der Waals surface area contributed by atoms with E-state index < -0.39 is 46.8 Å². The minimum absolute atomic E-state index is 0.0288. The molecule has 2 heterocycles. The van der Waals surface area contributed by atoms with Crippen LogP contribution in [-0.4, -0.2) is 32.4 Å². The molecular formula is C37H32F5N3O4S.